The van der Waals surface area contributed by atoms with Crippen LogP contribution >= 0.6 is 31.9 Å². The Balaban J connectivity index is 1.46. The van der Waals surface area contributed by atoms with Gasteiger partial charge in [0.1, 0.15) is 0 Å². The number of hydrogen-bond donors (Lipinski definition) is 0. The first-order valence-electron chi connectivity index (χ1n) is 19.6. The van der Waals surface area contributed by atoms with Crippen molar-refractivity contribution in [2.24, 2.45) is 0 Å². The summed E-state index contributed by atoms with van der Waals surface area (Å²) in [5, 5.41) is 0. The predicted octanol–water partition coefficient (Wildman–Crippen LogP) is 14.9. The van der Waals surface area contributed by atoms with Crippen LogP contribution in [0.1, 0.15) is 144 Å². The number of fused-ring (bicyclic) bond motifs is 3. The molecule has 50 heavy (non-hydrogen) atoms. The highest BCUT2D eigenvalue weighted by Crippen LogP contribution is 2.58. The topological polar surface area (TPSA) is 18.5 Å². The van der Waals surface area contributed by atoms with Gasteiger partial charge in [0.15, 0.2) is 11.5 Å². The van der Waals surface area contributed by atoms with E-state index < -0.39 is 5.41 Å². The van der Waals surface area contributed by atoms with E-state index in [9.17, 15) is 0 Å². The van der Waals surface area contributed by atoms with Crippen LogP contribution in [0.15, 0.2) is 87.8 Å². The standard InChI is InChI=1S/C46H58Br2O2/c1-4-6-8-10-12-14-16-20-30-49-44-29-24-36(32-45(44)50-31-21-17-15-13-11-9-7-5-2)46(41-23-19-18-22-35(41)3)42-33-37(47)25-27-39(42)40-28-26-38(48)34-43(40)46/h18-19,22-29,32-34H,4-17,20-21,30-31H2,1-3H3. The van der Waals surface area contributed by atoms with Crippen LogP contribution in [0.2, 0.25) is 0 Å². The molecule has 0 saturated carbocycles. The highest BCUT2D eigenvalue weighted by molar-refractivity contribution is 9.10. The molecule has 0 saturated heterocycles. The van der Waals surface area contributed by atoms with Crippen molar-refractivity contribution in [2.45, 2.75) is 129 Å². The van der Waals surface area contributed by atoms with Crippen molar-refractivity contribution < 1.29 is 9.47 Å². The molecule has 0 N–H and O–H groups in total. The van der Waals surface area contributed by atoms with Gasteiger partial charge in [0.05, 0.1) is 18.6 Å². The molecule has 5 rings (SSSR count). The molecule has 1 aliphatic rings. The number of benzene rings is 4. The van der Waals surface area contributed by atoms with Gasteiger partial charge >= 0.3 is 0 Å². The van der Waals surface area contributed by atoms with E-state index in [4.69, 9.17) is 9.47 Å². The Morgan fingerprint density at radius 3 is 1.48 bits per heavy atom. The minimum atomic E-state index is -0.517. The molecular weight excluding hydrogens is 744 g/mol. The van der Waals surface area contributed by atoms with Gasteiger partial charge in [0.25, 0.3) is 0 Å². The van der Waals surface area contributed by atoms with Gasteiger partial charge in [-0.3, -0.25) is 0 Å². The fraction of sp³-hybridized carbons (Fsp3) is 0.478. The van der Waals surface area contributed by atoms with Gasteiger partial charge in [0.2, 0.25) is 0 Å². The molecule has 0 spiro atoms. The Labute approximate surface area is 320 Å². The maximum Gasteiger partial charge on any atom is 0.161 e. The Morgan fingerprint density at radius 1 is 0.480 bits per heavy atom. The third-order valence-electron chi connectivity index (χ3n) is 10.5. The number of hydrogen-bond acceptors (Lipinski definition) is 2. The largest absolute Gasteiger partial charge is 0.490 e. The minimum Gasteiger partial charge on any atom is -0.490 e. The lowest BCUT2D eigenvalue weighted by Gasteiger charge is -2.35. The van der Waals surface area contributed by atoms with Crippen LogP contribution in [0.5, 0.6) is 11.5 Å². The molecule has 4 aromatic rings. The third-order valence-corrected chi connectivity index (χ3v) is 11.5. The van der Waals surface area contributed by atoms with Crippen molar-refractivity contribution in [3.63, 3.8) is 0 Å². The second kappa shape index (κ2) is 19.9. The summed E-state index contributed by atoms with van der Waals surface area (Å²) in [7, 11) is 0. The summed E-state index contributed by atoms with van der Waals surface area (Å²) in [5.41, 5.74) is 8.36. The molecule has 0 bridgehead atoms. The minimum absolute atomic E-state index is 0.517. The molecule has 0 aliphatic heterocycles. The average Bonchev–Trinajstić information content (AvgIpc) is 3.39. The molecule has 0 aromatic heterocycles. The first kappa shape index (κ1) is 38.7. The molecule has 0 unspecified atom stereocenters. The fourth-order valence-corrected chi connectivity index (χ4v) is 8.55. The highest BCUT2D eigenvalue weighted by Gasteiger charge is 2.47. The van der Waals surface area contributed by atoms with Crippen LogP contribution in [-0.4, -0.2) is 13.2 Å². The summed E-state index contributed by atoms with van der Waals surface area (Å²) in [6, 6.07) is 29.2. The second-order valence-electron chi connectivity index (χ2n) is 14.3. The normalized spacial score (nSPS) is 12.9. The summed E-state index contributed by atoms with van der Waals surface area (Å²) >= 11 is 7.69. The van der Waals surface area contributed by atoms with E-state index in [2.05, 4.69) is 131 Å². The summed E-state index contributed by atoms with van der Waals surface area (Å²) < 4.78 is 15.4. The van der Waals surface area contributed by atoms with E-state index in [-0.39, 0.29) is 0 Å². The molecule has 0 heterocycles. The molecule has 0 fully saturated rings. The first-order valence-corrected chi connectivity index (χ1v) is 21.2. The zero-order valence-corrected chi connectivity index (χ0v) is 34.0. The van der Waals surface area contributed by atoms with E-state index in [1.54, 1.807) is 0 Å². The smallest absolute Gasteiger partial charge is 0.161 e. The number of unbranched alkanes of at least 4 members (excludes halogenated alkanes) is 14. The van der Waals surface area contributed by atoms with E-state index in [0.717, 1.165) is 39.9 Å². The van der Waals surface area contributed by atoms with Gasteiger partial charge in [-0.2, -0.15) is 0 Å². The number of aryl methyl sites for hydroxylation is 1. The predicted molar refractivity (Wildman–Crippen MR) is 220 cm³/mol. The third kappa shape index (κ3) is 9.45. The maximum atomic E-state index is 6.71. The van der Waals surface area contributed by atoms with Crippen molar-refractivity contribution in [3.8, 4) is 22.6 Å². The van der Waals surface area contributed by atoms with Crippen molar-refractivity contribution >= 4 is 31.9 Å². The van der Waals surface area contributed by atoms with Crippen LogP contribution in [0.3, 0.4) is 0 Å². The Bertz CT molecular complexity index is 1590. The Kier molecular flexibility index (Phi) is 15.4. The van der Waals surface area contributed by atoms with Crippen molar-refractivity contribution in [3.05, 3.63) is 116 Å². The molecule has 0 radical (unpaired) electrons. The van der Waals surface area contributed by atoms with Crippen molar-refractivity contribution in [1.82, 2.24) is 0 Å². The summed E-state index contributed by atoms with van der Waals surface area (Å²) in [6.07, 6.45) is 20.5. The lowest BCUT2D eigenvalue weighted by molar-refractivity contribution is 0.258. The van der Waals surface area contributed by atoms with E-state index in [1.807, 2.05) is 0 Å². The SMILES string of the molecule is CCCCCCCCCCOc1ccc(C2(c3ccccc3C)c3cc(Br)ccc3-c3ccc(Br)cc32)cc1OCCCCCCCCCC. The zero-order valence-electron chi connectivity index (χ0n) is 30.8. The highest BCUT2D eigenvalue weighted by atomic mass is 79.9. The quantitative estimate of drug-likeness (QED) is 0.0649. The van der Waals surface area contributed by atoms with Gasteiger partial charge < -0.3 is 9.47 Å². The monoisotopic (exact) mass is 800 g/mol. The molecule has 4 heteroatoms. The summed E-state index contributed by atoms with van der Waals surface area (Å²) in [5.74, 6) is 1.72. The van der Waals surface area contributed by atoms with Gasteiger partial charge in [-0.25, -0.2) is 0 Å². The molecule has 0 amide bonds. The van der Waals surface area contributed by atoms with Crippen LogP contribution in [-0.2, 0) is 5.41 Å². The average molecular weight is 803 g/mol. The molecule has 1 aliphatic carbocycles. The molecule has 4 aromatic carbocycles. The van der Waals surface area contributed by atoms with Crippen molar-refractivity contribution in [1.29, 1.82) is 0 Å². The molecule has 0 atom stereocenters. The lowest BCUT2D eigenvalue weighted by Crippen LogP contribution is -2.29. The van der Waals surface area contributed by atoms with Crippen molar-refractivity contribution in [2.75, 3.05) is 13.2 Å². The van der Waals surface area contributed by atoms with Gasteiger partial charge in [-0.05, 0) is 95.1 Å². The maximum absolute atomic E-state index is 6.71. The fourth-order valence-electron chi connectivity index (χ4n) is 7.83. The molecule has 268 valence electrons. The number of rotatable bonds is 22. The van der Waals surface area contributed by atoms with E-state index in [0.29, 0.717) is 6.61 Å². The Hall–Kier alpha value is -2.56. The van der Waals surface area contributed by atoms with Crippen LogP contribution in [0.25, 0.3) is 11.1 Å². The van der Waals surface area contributed by atoms with Gasteiger partial charge in [-0.1, -0.05) is 178 Å². The van der Waals surface area contributed by atoms with E-state index >= 15 is 0 Å². The van der Waals surface area contributed by atoms with Gasteiger partial charge in [0, 0.05) is 8.95 Å². The summed E-state index contributed by atoms with van der Waals surface area (Å²) in [6.45, 7) is 8.23. The Morgan fingerprint density at radius 2 is 0.960 bits per heavy atom. The zero-order chi connectivity index (χ0) is 35.2. The first-order chi connectivity index (χ1) is 24.5. The second-order valence-corrected chi connectivity index (χ2v) is 16.1. The molecular formula is C46H58Br2O2. The van der Waals surface area contributed by atoms with Crippen LogP contribution < -0.4 is 9.47 Å². The number of halogens is 2. The van der Waals surface area contributed by atoms with Crippen LogP contribution in [0, 0.1) is 6.92 Å². The lowest BCUT2D eigenvalue weighted by atomic mass is 9.66. The number of ether oxygens (including phenoxy) is 2. The molecule has 2 nitrogen and oxygen atoms in total. The van der Waals surface area contributed by atoms with Gasteiger partial charge in [-0.15, -0.1) is 0 Å². The van der Waals surface area contributed by atoms with Crippen LogP contribution in [0.4, 0.5) is 0 Å². The summed E-state index contributed by atoms with van der Waals surface area (Å²) in [4.78, 5) is 0. The van der Waals surface area contributed by atoms with E-state index in [1.165, 1.54) is 129 Å².